The van der Waals surface area contributed by atoms with Gasteiger partial charge in [0.15, 0.2) is 0 Å². The highest BCUT2D eigenvalue weighted by Crippen LogP contribution is 2.36. The summed E-state index contributed by atoms with van der Waals surface area (Å²) >= 11 is 0. The molecule has 0 saturated heterocycles. The van der Waals surface area contributed by atoms with E-state index in [1.165, 1.54) is 16.7 Å². The van der Waals surface area contributed by atoms with Crippen LogP contribution in [0.15, 0.2) is 84.9 Å². The van der Waals surface area contributed by atoms with E-state index in [2.05, 4.69) is 36.4 Å². The molecular formula is C24H22O2. The van der Waals surface area contributed by atoms with Crippen LogP contribution in [0.5, 0.6) is 11.5 Å². The van der Waals surface area contributed by atoms with Gasteiger partial charge in [0.1, 0.15) is 11.5 Å². The highest BCUT2D eigenvalue weighted by Gasteiger charge is 2.18. The molecule has 2 N–H and O–H groups in total. The van der Waals surface area contributed by atoms with Crippen molar-refractivity contribution in [2.24, 2.45) is 0 Å². The molecule has 1 aliphatic carbocycles. The predicted molar refractivity (Wildman–Crippen MR) is 106 cm³/mol. The summed E-state index contributed by atoms with van der Waals surface area (Å²) in [6.07, 6.45) is 6.83. The Labute approximate surface area is 154 Å². The first-order valence-corrected chi connectivity index (χ1v) is 9.06. The van der Waals surface area contributed by atoms with Gasteiger partial charge in [-0.15, -0.1) is 0 Å². The van der Waals surface area contributed by atoms with Gasteiger partial charge in [0.25, 0.3) is 0 Å². The summed E-state index contributed by atoms with van der Waals surface area (Å²) in [5.74, 6) is 1.46. The molecular weight excluding hydrogens is 320 g/mol. The highest BCUT2D eigenvalue weighted by atomic mass is 16.3. The average molecular weight is 342 g/mol. The lowest BCUT2D eigenvalue weighted by Crippen LogP contribution is -2.06. The molecule has 3 aromatic carbocycles. The van der Waals surface area contributed by atoms with Crippen LogP contribution in [0.3, 0.4) is 0 Å². The molecule has 2 heteroatoms. The van der Waals surface area contributed by atoms with Crippen LogP contribution in [0.25, 0.3) is 11.1 Å². The lowest BCUT2D eigenvalue weighted by molar-refractivity contribution is 0.474. The molecule has 0 fully saturated rings. The van der Waals surface area contributed by atoms with Gasteiger partial charge in [0.05, 0.1) is 0 Å². The van der Waals surface area contributed by atoms with E-state index < -0.39 is 0 Å². The van der Waals surface area contributed by atoms with E-state index >= 15 is 0 Å². The minimum absolute atomic E-state index is 0.292. The number of hydrogen-bond acceptors (Lipinski definition) is 2. The Balaban J connectivity index is 1.53. The summed E-state index contributed by atoms with van der Waals surface area (Å²) in [6.45, 7) is 0. The monoisotopic (exact) mass is 342 g/mol. The zero-order chi connectivity index (χ0) is 17.9. The van der Waals surface area contributed by atoms with Gasteiger partial charge in [0, 0.05) is 11.8 Å². The third kappa shape index (κ3) is 3.50. The standard InChI is InChI=1S/C24H22O2/c25-23-12-8-18(9-13-23)17-4-6-19(7-5-17)21-2-1-3-22(16-21)20-10-14-24(26)15-11-20/h1-4,6,8-17,19,25-26H,5,7H2. The second-order valence-electron chi connectivity index (χ2n) is 6.94. The number of phenols is 2. The fourth-order valence-electron chi connectivity index (χ4n) is 3.70. The summed E-state index contributed by atoms with van der Waals surface area (Å²) < 4.78 is 0. The fraction of sp³-hybridized carbons (Fsp3) is 0.167. The number of benzene rings is 3. The van der Waals surface area contributed by atoms with E-state index in [0.29, 0.717) is 23.3 Å². The third-order valence-corrected chi connectivity index (χ3v) is 5.20. The van der Waals surface area contributed by atoms with Crippen molar-refractivity contribution in [3.63, 3.8) is 0 Å². The van der Waals surface area contributed by atoms with E-state index in [4.69, 9.17) is 0 Å². The number of phenolic OH excluding ortho intramolecular Hbond substituents is 2. The summed E-state index contributed by atoms with van der Waals surface area (Å²) in [4.78, 5) is 0. The SMILES string of the molecule is Oc1ccc(-c2cccc(C3C=CC(c4ccc(O)cc4)CC3)c2)cc1. The summed E-state index contributed by atoms with van der Waals surface area (Å²) in [7, 11) is 0. The van der Waals surface area contributed by atoms with Gasteiger partial charge in [0.2, 0.25) is 0 Å². The lowest BCUT2D eigenvalue weighted by atomic mass is 9.81. The van der Waals surface area contributed by atoms with Crippen LogP contribution < -0.4 is 0 Å². The first kappa shape index (κ1) is 16.5. The summed E-state index contributed by atoms with van der Waals surface area (Å²) in [6, 6.07) is 23.6. The van der Waals surface area contributed by atoms with Gasteiger partial charge in [-0.2, -0.15) is 0 Å². The number of allylic oxidation sites excluding steroid dienone is 2. The summed E-state index contributed by atoms with van der Waals surface area (Å²) in [5.41, 5.74) is 4.88. The first-order valence-electron chi connectivity index (χ1n) is 9.06. The van der Waals surface area contributed by atoms with Crippen molar-refractivity contribution in [1.29, 1.82) is 0 Å². The molecule has 26 heavy (non-hydrogen) atoms. The second-order valence-corrected chi connectivity index (χ2v) is 6.94. The van der Waals surface area contributed by atoms with Crippen molar-refractivity contribution < 1.29 is 10.2 Å². The van der Waals surface area contributed by atoms with E-state index in [1.807, 2.05) is 24.3 Å². The number of rotatable bonds is 3. The molecule has 0 spiro atoms. The highest BCUT2D eigenvalue weighted by molar-refractivity contribution is 5.65. The molecule has 0 aromatic heterocycles. The zero-order valence-electron chi connectivity index (χ0n) is 14.5. The lowest BCUT2D eigenvalue weighted by Gasteiger charge is -2.24. The Hall–Kier alpha value is -3.00. The second kappa shape index (κ2) is 7.09. The minimum Gasteiger partial charge on any atom is -0.508 e. The van der Waals surface area contributed by atoms with E-state index in [1.54, 1.807) is 24.3 Å². The van der Waals surface area contributed by atoms with Gasteiger partial charge in [-0.1, -0.05) is 60.7 Å². The predicted octanol–water partition coefficient (Wildman–Crippen LogP) is 5.98. The Morgan fingerprint density at radius 2 is 1.15 bits per heavy atom. The van der Waals surface area contributed by atoms with Gasteiger partial charge in [-0.25, -0.2) is 0 Å². The molecule has 0 saturated carbocycles. The molecule has 0 aliphatic heterocycles. The quantitative estimate of drug-likeness (QED) is 0.575. The molecule has 0 heterocycles. The van der Waals surface area contributed by atoms with Crippen LogP contribution in [-0.2, 0) is 0 Å². The maximum absolute atomic E-state index is 9.47. The molecule has 2 nitrogen and oxygen atoms in total. The molecule has 3 aromatic rings. The van der Waals surface area contributed by atoms with Crippen molar-refractivity contribution in [3.8, 4) is 22.6 Å². The average Bonchev–Trinajstić information content (AvgIpc) is 2.69. The topological polar surface area (TPSA) is 40.5 Å². The number of hydrogen-bond donors (Lipinski definition) is 2. The normalized spacial score (nSPS) is 19.4. The third-order valence-electron chi connectivity index (χ3n) is 5.20. The van der Waals surface area contributed by atoms with Crippen LogP contribution in [0.4, 0.5) is 0 Å². The van der Waals surface area contributed by atoms with Gasteiger partial charge in [-0.3, -0.25) is 0 Å². The molecule has 0 radical (unpaired) electrons. The first-order chi connectivity index (χ1) is 12.7. The van der Waals surface area contributed by atoms with Crippen molar-refractivity contribution in [2.75, 3.05) is 0 Å². The molecule has 2 atom stereocenters. The maximum atomic E-state index is 9.47. The van der Waals surface area contributed by atoms with Gasteiger partial charge >= 0.3 is 0 Å². The Kier molecular flexibility index (Phi) is 4.49. The maximum Gasteiger partial charge on any atom is 0.115 e. The van der Waals surface area contributed by atoms with Gasteiger partial charge < -0.3 is 10.2 Å². The minimum atomic E-state index is 0.292. The molecule has 2 unspecified atom stereocenters. The van der Waals surface area contributed by atoms with Crippen LogP contribution in [0.2, 0.25) is 0 Å². The van der Waals surface area contributed by atoms with Crippen molar-refractivity contribution in [3.05, 3.63) is 96.1 Å². The Morgan fingerprint density at radius 1 is 0.577 bits per heavy atom. The van der Waals surface area contributed by atoms with E-state index in [-0.39, 0.29) is 0 Å². The largest absolute Gasteiger partial charge is 0.508 e. The van der Waals surface area contributed by atoms with E-state index in [0.717, 1.165) is 18.4 Å². The van der Waals surface area contributed by atoms with Crippen molar-refractivity contribution in [1.82, 2.24) is 0 Å². The van der Waals surface area contributed by atoms with Crippen molar-refractivity contribution in [2.45, 2.75) is 24.7 Å². The molecule has 1 aliphatic rings. The number of aromatic hydroxyl groups is 2. The summed E-state index contributed by atoms with van der Waals surface area (Å²) in [5, 5.41) is 18.9. The Morgan fingerprint density at radius 3 is 1.77 bits per heavy atom. The van der Waals surface area contributed by atoms with Gasteiger partial charge in [-0.05, 0) is 59.4 Å². The smallest absolute Gasteiger partial charge is 0.115 e. The van der Waals surface area contributed by atoms with E-state index in [9.17, 15) is 10.2 Å². The molecule has 0 amide bonds. The molecule has 0 bridgehead atoms. The van der Waals surface area contributed by atoms with Crippen molar-refractivity contribution >= 4 is 0 Å². The van der Waals surface area contributed by atoms with Crippen LogP contribution in [0.1, 0.15) is 35.8 Å². The zero-order valence-corrected chi connectivity index (χ0v) is 14.5. The van der Waals surface area contributed by atoms with Crippen LogP contribution in [0, 0.1) is 0 Å². The fourth-order valence-corrected chi connectivity index (χ4v) is 3.70. The van der Waals surface area contributed by atoms with Crippen LogP contribution >= 0.6 is 0 Å². The molecule has 130 valence electrons. The Bertz CT molecular complexity index is 908. The molecule has 4 rings (SSSR count). The van der Waals surface area contributed by atoms with Crippen LogP contribution in [-0.4, -0.2) is 10.2 Å².